The Bertz CT molecular complexity index is 280. The predicted molar refractivity (Wildman–Crippen MR) is 59.1 cm³/mol. The van der Waals surface area contributed by atoms with Crippen molar-refractivity contribution in [3.05, 3.63) is 24.3 Å². The Kier molecular flexibility index (Phi) is 3.64. The molecule has 2 rings (SSSR count). The second-order valence-electron chi connectivity index (χ2n) is 4.16. The molecule has 2 N–H and O–H groups in total. The molecule has 1 aliphatic heterocycles. The highest BCUT2D eigenvalue weighted by atomic mass is 15.1. The summed E-state index contributed by atoms with van der Waals surface area (Å²) >= 11 is 0. The van der Waals surface area contributed by atoms with E-state index in [4.69, 9.17) is 5.73 Å². The molecular formula is C11H18N4. The minimum atomic E-state index is 0.728. The van der Waals surface area contributed by atoms with Gasteiger partial charge in [-0.2, -0.15) is 0 Å². The normalized spacial score (nSPS) is 19.3. The van der Waals surface area contributed by atoms with Crippen LogP contribution in [0.15, 0.2) is 18.6 Å². The number of nitrogens with zero attached hydrogens (tertiary/aromatic N) is 3. The third kappa shape index (κ3) is 2.97. The number of piperidine rings is 1. The summed E-state index contributed by atoms with van der Waals surface area (Å²) in [5.41, 5.74) is 6.77. The maximum Gasteiger partial charge on any atom is 0.115 e. The summed E-state index contributed by atoms with van der Waals surface area (Å²) in [5.74, 6) is 0.728. The Morgan fingerprint density at radius 1 is 1.40 bits per heavy atom. The van der Waals surface area contributed by atoms with Crippen molar-refractivity contribution in [1.82, 2.24) is 14.9 Å². The summed E-state index contributed by atoms with van der Waals surface area (Å²) in [7, 11) is 0. The zero-order chi connectivity index (χ0) is 10.5. The van der Waals surface area contributed by atoms with E-state index in [0.717, 1.165) is 37.8 Å². The number of hydrogen-bond donors (Lipinski definition) is 1. The number of rotatable bonds is 3. The van der Waals surface area contributed by atoms with Gasteiger partial charge in [0.05, 0.1) is 5.69 Å². The molecule has 2 heterocycles. The van der Waals surface area contributed by atoms with Gasteiger partial charge in [-0.15, -0.1) is 0 Å². The van der Waals surface area contributed by atoms with Gasteiger partial charge in [-0.3, -0.25) is 4.90 Å². The Hall–Kier alpha value is -1.00. The number of hydrogen-bond acceptors (Lipinski definition) is 4. The molecule has 1 saturated heterocycles. The van der Waals surface area contributed by atoms with Gasteiger partial charge < -0.3 is 5.73 Å². The average molecular weight is 206 g/mol. The van der Waals surface area contributed by atoms with E-state index in [-0.39, 0.29) is 0 Å². The highest BCUT2D eigenvalue weighted by Crippen LogP contribution is 2.16. The molecule has 0 aliphatic carbocycles. The van der Waals surface area contributed by atoms with Crippen molar-refractivity contribution < 1.29 is 0 Å². The summed E-state index contributed by atoms with van der Waals surface area (Å²) < 4.78 is 0. The van der Waals surface area contributed by atoms with Gasteiger partial charge in [0.1, 0.15) is 6.33 Å². The fraction of sp³-hybridized carbons (Fsp3) is 0.636. The maximum atomic E-state index is 5.66. The molecule has 0 spiro atoms. The Labute approximate surface area is 90.5 Å². The van der Waals surface area contributed by atoms with Gasteiger partial charge in [-0.05, 0) is 44.5 Å². The van der Waals surface area contributed by atoms with Gasteiger partial charge in [-0.25, -0.2) is 9.97 Å². The zero-order valence-corrected chi connectivity index (χ0v) is 8.97. The molecule has 0 amide bonds. The van der Waals surface area contributed by atoms with Crippen molar-refractivity contribution >= 4 is 0 Å². The van der Waals surface area contributed by atoms with Crippen LogP contribution in [0.2, 0.25) is 0 Å². The monoisotopic (exact) mass is 206 g/mol. The fourth-order valence-corrected chi connectivity index (χ4v) is 2.02. The van der Waals surface area contributed by atoms with E-state index in [2.05, 4.69) is 14.9 Å². The van der Waals surface area contributed by atoms with Crippen LogP contribution in [-0.2, 0) is 6.54 Å². The van der Waals surface area contributed by atoms with Gasteiger partial charge in [0.25, 0.3) is 0 Å². The van der Waals surface area contributed by atoms with Crippen LogP contribution in [0.25, 0.3) is 0 Å². The molecule has 0 atom stereocenters. The molecule has 0 radical (unpaired) electrons. The molecule has 4 nitrogen and oxygen atoms in total. The summed E-state index contributed by atoms with van der Waals surface area (Å²) in [5, 5.41) is 0. The lowest BCUT2D eigenvalue weighted by Gasteiger charge is -2.30. The lowest BCUT2D eigenvalue weighted by Crippen LogP contribution is -2.35. The molecule has 1 fully saturated rings. The summed E-state index contributed by atoms with van der Waals surface area (Å²) in [4.78, 5) is 10.6. The van der Waals surface area contributed by atoms with Crippen LogP contribution in [0.4, 0.5) is 0 Å². The molecule has 0 saturated carbocycles. The second kappa shape index (κ2) is 5.19. The van der Waals surface area contributed by atoms with Crippen LogP contribution in [-0.4, -0.2) is 34.5 Å². The quantitative estimate of drug-likeness (QED) is 0.789. The van der Waals surface area contributed by atoms with Gasteiger partial charge in [0.2, 0.25) is 0 Å². The third-order valence-electron chi connectivity index (χ3n) is 3.07. The van der Waals surface area contributed by atoms with Crippen molar-refractivity contribution in [3.8, 4) is 0 Å². The van der Waals surface area contributed by atoms with Crippen LogP contribution >= 0.6 is 0 Å². The highest BCUT2D eigenvalue weighted by molar-refractivity contribution is 4.97. The Morgan fingerprint density at radius 2 is 2.20 bits per heavy atom. The molecule has 1 aromatic heterocycles. The minimum Gasteiger partial charge on any atom is -0.330 e. The van der Waals surface area contributed by atoms with Gasteiger partial charge >= 0.3 is 0 Å². The zero-order valence-electron chi connectivity index (χ0n) is 8.97. The van der Waals surface area contributed by atoms with Crippen molar-refractivity contribution in [1.29, 1.82) is 0 Å². The first-order valence-corrected chi connectivity index (χ1v) is 5.56. The smallest absolute Gasteiger partial charge is 0.115 e. The molecule has 4 heteroatoms. The standard InChI is InChI=1S/C11H18N4/c12-7-10-2-5-15(6-3-10)8-11-1-4-13-9-14-11/h1,4,9-10H,2-3,5-8,12H2. The summed E-state index contributed by atoms with van der Waals surface area (Å²) in [6.45, 7) is 4.07. The number of nitrogens with two attached hydrogens (primary N) is 1. The molecule has 1 aliphatic rings. The van der Waals surface area contributed by atoms with Crippen LogP contribution in [0.5, 0.6) is 0 Å². The fourth-order valence-electron chi connectivity index (χ4n) is 2.02. The van der Waals surface area contributed by atoms with Crippen molar-refractivity contribution in [2.45, 2.75) is 19.4 Å². The largest absolute Gasteiger partial charge is 0.330 e. The molecule has 82 valence electrons. The Balaban J connectivity index is 1.82. The van der Waals surface area contributed by atoms with E-state index < -0.39 is 0 Å². The molecule has 1 aromatic rings. The summed E-state index contributed by atoms with van der Waals surface area (Å²) in [6, 6.07) is 1.98. The number of likely N-dealkylation sites (tertiary alicyclic amines) is 1. The minimum absolute atomic E-state index is 0.728. The first kappa shape index (κ1) is 10.5. The van der Waals surface area contributed by atoms with E-state index in [0.29, 0.717) is 0 Å². The third-order valence-corrected chi connectivity index (χ3v) is 3.07. The first-order chi connectivity index (χ1) is 7.38. The van der Waals surface area contributed by atoms with Gasteiger partial charge in [0.15, 0.2) is 0 Å². The molecule has 0 aromatic carbocycles. The van der Waals surface area contributed by atoms with E-state index in [1.54, 1.807) is 12.5 Å². The number of aromatic nitrogens is 2. The van der Waals surface area contributed by atoms with E-state index in [9.17, 15) is 0 Å². The molecule has 15 heavy (non-hydrogen) atoms. The van der Waals surface area contributed by atoms with Crippen LogP contribution < -0.4 is 5.73 Å². The van der Waals surface area contributed by atoms with Gasteiger partial charge in [-0.1, -0.05) is 0 Å². The van der Waals surface area contributed by atoms with Crippen LogP contribution in [0, 0.1) is 5.92 Å². The Morgan fingerprint density at radius 3 is 2.80 bits per heavy atom. The maximum absolute atomic E-state index is 5.66. The molecule has 0 bridgehead atoms. The average Bonchev–Trinajstić information content (AvgIpc) is 2.31. The van der Waals surface area contributed by atoms with Crippen LogP contribution in [0.1, 0.15) is 18.5 Å². The van der Waals surface area contributed by atoms with E-state index in [1.807, 2.05) is 6.07 Å². The van der Waals surface area contributed by atoms with E-state index >= 15 is 0 Å². The van der Waals surface area contributed by atoms with E-state index in [1.165, 1.54) is 12.8 Å². The topological polar surface area (TPSA) is 55.0 Å². The van der Waals surface area contributed by atoms with Crippen molar-refractivity contribution in [2.24, 2.45) is 11.7 Å². The molecule has 0 unspecified atom stereocenters. The first-order valence-electron chi connectivity index (χ1n) is 5.56. The second-order valence-corrected chi connectivity index (χ2v) is 4.16. The highest BCUT2D eigenvalue weighted by Gasteiger charge is 2.17. The summed E-state index contributed by atoms with van der Waals surface area (Å²) in [6.07, 6.45) is 5.86. The van der Waals surface area contributed by atoms with Crippen molar-refractivity contribution in [2.75, 3.05) is 19.6 Å². The van der Waals surface area contributed by atoms with Crippen LogP contribution in [0.3, 0.4) is 0 Å². The lowest BCUT2D eigenvalue weighted by atomic mass is 9.97. The van der Waals surface area contributed by atoms with Gasteiger partial charge in [0, 0.05) is 12.7 Å². The molecular weight excluding hydrogens is 188 g/mol. The predicted octanol–water partition coefficient (Wildman–Crippen LogP) is 0.647. The SMILES string of the molecule is NCC1CCN(Cc2ccncn2)CC1. The lowest BCUT2D eigenvalue weighted by molar-refractivity contribution is 0.178. The van der Waals surface area contributed by atoms with Crippen molar-refractivity contribution in [3.63, 3.8) is 0 Å².